The number of rotatable bonds is 4. The van der Waals surface area contributed by atoms with Crippen molar-refractivity contribution in [2.24, 2.45) is 0 Å². The van der Waals surface area contributed by atoms with Crippen molar-refractivity contribution in [2.45, 2.75) is 26.8 Å². The zero-order chi connectivity index (χ0) is 19.0. The molecule has 0 aliphatic heterocycles. The zero-order valence-electron chi connectivity index (χ0n) is 15.4. The molecule has 2 aromatic carbocycles. The van der Waals surface area contributed by atoms with Gasteiger partial charge in [-0.15, -0.1) is 5.10 Å². The molecule has 2 heterocycles. The lowest BCUT2D eigenvalue weighted by atomic mass is 10.2. The summed E-state index contributed by atoms with van der Waals surface area (Å²) < 4.78 is 7.50. The fourth-order valence-corrected chi connectivity index (χ4v) is 3.10. The predicted molar refractivity (Wildman–Crippen MR) is 103 cm³/mol. The number of carbonyl (C=O) groups excluding carboxylic acids is 1. The number of benzene rings is 2. The second-order valence-electron chi connectivity index (χ2n) is 6.66. The average molecular weight is 360 g/mol. The molecule has 1 amide bonds. The monoisotopic (exact) mass is 360 g/mol. The molecule has 6 nitrogen and oxygen atoms in total. The number of fused-ring (bicyclic) bond motifs is 1. The smallest absolute Gasteiger partial charge is 0.274 e. The number of nitrogens with one attached hydrogen (secondary N) is 1. The molecule has 6 heteroatoms. The summed E-state index contributed by atoms with van der Waals surface area (Å²) in [4.78, 5) is 12.7. The summed E-state index contributed by atoms with van der Waals surface area (Å²) in [6.45, 7) is 5.73. The van der Waals surface area contributed by atoms with Crippen LogP contribution in [0.5, 0.6) is 0 Å². The number of aromatic nitrogens is 3. The summed E-state index contributed by atoms with van der Waals surface area (Å²) in [7, 11) is 0. The maximum atomic E-state index is 12.7. The van der Waals surface area contributed by atoms with E-state index in [0.717, 1.165) is 22.2 Å². The third-order valence-electron chi connectivity index (χ3n) is 4.57. The molecule has 4 aromatic rings. The minimum atomic E-state index is -0.284. The topological polar surface area (TPSA) is 73.0 Å². The van der Waals surface area contributed by atoms with Crippen molar-refractivity contribution in [3.63, 3.8) is 0 Å². The summed E-state index contributed by atoms with van der Waals surface area (Å²) in [6.07, 6.45) is 0. The summed E-state index contributed by atoms with van der Waals surface area (Å²) >= 11 is 0. The summed E-state index contributed by atoms with van der Waals surface area (Å²) in [6, 6.07) is 17.3. The number of furan rings is 1. The molecular weight excluding hydrogens is 340 g/mol. The highest BCUT2D eigenvalue weighted by molar-refractivity contribution is 5.93. The lowest BCUT2D eigenvalue weighted by Gasteiger charge is -2.10. The van der Waals surface area contributed by atoms with Crippen LogP contribution in [0.4, 0.5) is 0 Å². The molecule has 0 saturated heterocycles. The number of nitrogens with zero attached hydrogens (tertiary/aromatic N) is 3. The molecule has 4 rings (SSSR count). The predicted octanol–water partition coefficient (Wildman–Crippen LogP) is 4.12. The fourth-order valence-electron chi connectivity index (χ4n) is 3.10. The number of para-hydroxylation sites is 1. The summed E-state index contributed by atoms with van der Waals surface area (Å²) in [5, 5.41) is 12.2. The Bertz CT molecular complexity index is 1090. The number of hydrogen-bond acceptors (Lipinski definition) is 4. The van der Waals surface area contributed by atoms with Crippen LogP contribution in [0.1, 0.15) is 40.5 Å². The Balaban J connectivity index is 1.56. The van der Waals surface area contributed by atoms with E-state index in [0.29, 0.717) is 17.1 Å². The molecule has 1 N–H and O–H groups in total. The lowest BCUT2D eigenvalue weighted by Crippen LogP contribution is -2.27. The average Bonchev–Trinajstić information content (AvgIpc) is 3.25. The van der Waals surface area contributed by atoms with Gasteiger partial charge in [0.1, 0.15) is 11.3 Å². The van der Waals surface area contributed by atoms with E-state index in [4.69, 9.17) is 4.42 Å². The Labute approximate surface area is 156 Å². The highest BCUT2D eigenvalue weighted by Gasteiger charge is 2.21. The molecule has 0 saturated carbocycles. The largest absolute Gasteiger partial charge is 0.459 e. The van der Waals surface area contributed by atoms with Crippen molar-refractivity contribution in [1.29, 1.82) is 0 Å². The van der Waals surface area contributed by atoms with Gasteiger partial charge in [-0.3, -0.25) is 4.79 Å². The summed E-state index contributed by atoms with van der Waals surface area (Å²) in [5.74, 6) is 0.424. The van der Waals surface area contributed by atoms with Gasteiger partial charge >= 0.3 is 0 Å². The van der Waals surface area contributed by atoms with Crippen molar-refractivity contribution in [3.8, 4) is 5.69 Å². The van der Waals surface area contributed by atoms with Crippen LogP contribution in [0.2, 0.25) is 0 Å². The third kappa shape index (κ3) is 3.21. The second-order valence-corrected chi connectivity index (χ2v) is 6.66. The van der Waals surface area contributed by atoms with Crippen LogP contribution in [0, 0.1) is 13.8 Å². The van der Waals surface area contributed by atoms with Crippen LogP contribution in [-0.2, 0) is 0 Å². The molecule has 0 radical (unpaired) electrons. The van der Waals surface area contributed by atoms with Gasteiger partial charge in [-0.2, -0.15) is 0 Å². The molecule has 0 aliphatic carbocycles. The van der Waals surface area contributed by atoms with Gasteiger partial charge in [0.15, 0.2) is 5.69 Å². The van der Waals surface area contributed by atoms with Gasteiger partial charge in [-0.05, 0) is 50.6 Å². The fraction of sp³-hybridized carbons (Fsp3) is 0.190. The molecule has 0 aliphatic rings. The van der Waals surface area contributed by atoms with E-state index >= 15 is 0 Å². The van der Waals surface area contributed by atoms with E-state index in [-0.39, 0.29) is 11.9 Å². The molecule has 1 unspecified atom stereocenters. The molecular formula is C21H20N4O2. The highest BCUT2D eigenvalue weighted by Crippen LogP contribution is 2.24. The molecule has 0 bridgehead atoms. The Morgan fingerprint density at radius 3 is 2.70 bits per heavy atom. The number of amides is 1. The Kier molecular flexibility index (Phi) is 4.24. The van der Waals surface area contributed by atoms with Crippen molar-refractivity contribution in [2.75, 3.05) is 0 Å². The van der Waals surface area contributed by atoms with E-state index in [2.05, 4.69) is 15.6 Å². The first-order valence-electron chi connectivity index (χ1n) is 8.81. The highest BCUT2D eigenvalue weighted by atomic mass is 16.3. The minimum absolute atomic E-state index is 0.278. The Hall–Kier alpha value is -3.41. The van der Waals surface area contributed by atoms with Crippen molar-refractivity contribution >= 4 is 16.9 Å². The van der Waals surface area contributed by atoms with Crippen LogP contribution in [0.25, 0.3) is 16.7 Å². The molecule has 0 spiro atoms. The van der Waals surface area contributed by atoms with Gasteiger partial charge in [0.25, 0.3) is 5.91 Å². The molecule has 0 fully saturated rings. The second kappa shape index (κ2) is 6.72. The maximum absolute atomic E-state index is 12.7. The quantitative estimate of drug-likeness (QED) is 0.594. The van der Waals surface area contributed by atoms with E-state index < -0.39 is 0 Å². The third-order valence-corrected chi connectivity index (χ3v) is 4.57. The number of aryl methyl sites for hydroxylation is 1. The maximum Gasteiger partial charge on any atom is 0.274 e. The number of carbonyl (C=O) groups is 1. The molecule has 2 aromatic heterocycles. The Morgan fingerprint density at radius 2 is 1.93 bits per heavy atom. The van der Waals surface area contributed by atoms with Crippen molar-refractivity contribution in [1.82, 2.24) is 20.3 Å². The molecule has 27 heavy (non-hydrogen) atoms. The van der Waals surface area contributed by atoms with Gasteiger partial charge in [-0.1, -0.05) is 35.5 Å². The molecule has 1 atom stereocenters. The van der Waals surface area contributed by atoms with E-state index in [1.54, 1.807) is 4.68 Å². The van der Waals surface area contributed by atoms with Crippen LogP contribution in [0.15, 0.2) is 59.0 Å². The summed E-state index contributed by atoms with van der Waals surface area (Å²) in [5.41, 5.74) is 3.79. The first-order valence-corrected chi connectivity index (χ1v) is 8.81. The van der Waals surface area contributed by atoms with Gasteiger partial charge in [0.05, 0.1) is 17.4 Å². The standard InChI is InChI=1S/C21H20N4O2/c1-13-7-6-9-17(11-13)25-15(3)20(23-24-25)21(26)22-14(2)19-12-16-8-4-5-10-18(16)27-19/h4-12,14H,1-3H3,(H,22,26). The first-order chi connectivity index (χ1) is 13.0. The van der Waals surface area contributed by atoms with Crippen LogP contribution < -0.4 is 5.32 Å². The van der Waals surface area contributed by atoms with Gasteiger partial charge in [0.2, 0.25) is 0 Å². The Morgan fingerprint density at radius 1 is 1.11 bits per heavy atom. The van der Waals surface area contributed by atoms with Crippen LogP contribution in [-0.4, -0.2) is 20.9 Å². The SMILES string of the molecule is Cc1cccc(-n2nnc(C(=O)NC(C)c3cc4ccccc4o3)c2C)c1. The molecule has 136 valence electrons. The van der Waals surface area contributed by atoms with E-state index in [9.17, 15) is 4.79 Å². The zero-order valence-corrected chi connectivity index (χ0v) is 15.4. The lowest BCUT2D eigenvalue weighted by molar-refractivity contribution is 0.0930. The first kappa shape index (κ1) is 17.0. The van der Waals surface area contributed by atoms with Crippen LogP contribution >= 0.6 is 0 Å². The van der Waals surface area contributed by atoms with Gasteiger partial charge in [0, 0.05) is 5.39 Å². The van der Waals surface area contributed by atoms with Crippen molar-refractivity contribution in [3.05, 3.63) is 77.3 Å². The van der Waals surface area contributed by atoms with Crippen LogP contribution in [0.3, 0.4) is 0 Å². The minimum Gasteiger partial charge on any atom is -0.459 e. The van der Waals surface area contributed by atoms with Gasteiger partial charge < -0.3 is 9.73 Å². The van der Waals surface area contributed by atoms with E-state index in [1.165, 1.54) is 0 Å². The van der Waals surface area contributed by atoms with Gasteiger partial charge in [-0.25, -0.2) is 4.68 Å². The van der Waals surface area contributed by atoms with E-state index in [1.807, 2.05) is 75.4 Å². The number of hydrogen-bond donors (Lipinski definition) is 1. The van der Waals surface area contributed by atoms with Crippen molar-refractivity contribution < 1.29 is 9.21 Å². The normalized spacial score (nSPS) is 12.3.